The molecule has 0 aliphatic heterocycles. The first-order valence-electron chi connectivity index (χ1n) is 4.22. The predicted molar refractivity (Wildman–Crippen MR) is 53.0 cm³/mol. The summed E-state index contributed by atoms with van der Waals surface area (Å²) in [7, 11) is -3.51. The molecule has 0 fully saturated rings. The fourth-order valence-corrected chi connectivity index (χ4v) is 2.09. The lowest BCUT2D eigenvalue weighted by atomic mass is 10.2. The van der Waals surface area contributed by atoms with Crippen LogP contribution < -0.4 is 10.5 Å². The zero-order valence-corrected chi connectivity index (χ0v) is 8.93. The number of nitrogen functional groups attached to an aromatic ring is 1. The second-order valence-electron chi connectivity index (χ2n) is 3.39. The van der Waals surface area contributed by atoms with Crippen LogP contribution >= 0.6 is 0 Å². The summed E-state index contributed by atoms with van der Waals surface area (Å²) >= 11 is 0. The van der Waals surface area contributed by atoms with Gasteiger partial charge in [0, 0.05) is 6.54 Å². The molecule has 1 heterocycles. The molecule has 0 radical (unpaired) electrons. The van der Waals surface area contributed by atoms with Crippen LogP contribution in [0, 0.1) is 5.92 Å². The number of rotatable bonds is 4. The Morgan fingerprint density at radius 2 is 2.29 bits per heavy atom. The van der Waals surface area contributed by atoms with E-state index in [2.05, 4.69) is 14.9 Å². The van der Waals surface area contributed by atoms with Gasteiger partial charge in [0.2, 0.25) is 10.0 Å². The van der Waals surface area contributed by atoms with Gasteiger partial charge in [0.25, 0.3) is 0 Å². The van der Waals surface area contributed by atoms with Crippen LogP contribution in [0.25, 0.3) is 0 Å². The lowest BCUT2D eigenvalue weighted by Crippen LogP contribution is -2.27. The number of H-pyrrole nitrogens is 1. The van der Waals surface area contributed by atoms with Crippen molar-refractivity contribution in [2.75, 3.05) is 12.3 Å². The first kappa shape index (κ1) is 11.0. The molecule has 7 heteroatoms. The molecule has 0 aromatic carbocycles. The summed E-state index contributed by atoms with van der Waals surface area (Å²) in [6.45, 7) is 4.22. The van der Waals surface area contributed by atoms with E-state index in [1.54, 1.807) is 0 Å². The Bertz CT molecular complexity index is 396. The van der Waals surface area contributed by atoms with Crippen molar-refractivity contribution in [2.24, 2.45) is 5.92 Å². The highest BCUT2D eigenvalue weighted by Crippen LogP contribution is 2.13. The van der Waals surface area contributed by atoms with Crippen molar-refractivity contribution in [3.8, 4) is 0 Å². The van der Waals surface area contributed by atoms with Crippen LogP contribution in [0.4, 0.5) is 5.82 Å². The Balaban J connectivity index is 2.82. The van der Waals surface area contributed by atoms with Gasteiger partial charge < -0.3 is 5.73 Å². The zero-order valence-electron chi connectivity index (χ0n) is 8.11. The molecule has 0 spiro atoms. The lowest BCUT2D eigenvalue weighted by molar-refractivity contribution is 0.560. The van der Waals surface area contributed by atoms with Crippen molar-refractivity contribution in [3.05, 3.63) is 6.20 Å². The van der Waals surface area contributed by atoms with Crippen LogP contribution in [0.1, 0.15) is 13.8 Å². The average molecular weight is 218 g/mol. The quantitative estimate of drug-likeness (QED) is 0.658. The molecule has 0 amide bonds. The van der Waals surface area contributed by atoms with Crippen LogP contribution in [0.15, 0.2) is 11.1 Å². The molecule has 14 heavy (non-hydrogen) atoms. The molecule has 80 valence electrons. The third-order valence-corrected chi connectivity index (χ3v) is 3.05. The molecule has 0 bridgehead atoms. The molecule has 0 aliphatic carbocycles. The van der Waals surface area contributed by atoms with Crippen LogP contribution in [-0.2, 0) is 10.0 Å². The number of anilines is 1. The lowest BCUT2D eigenvalue weighted by Gasteiger charge is -2.07. The maximum Gasteiger partial charge on any atom is 0.245 e. The van der Waals surface area contributed by atoms with E-state index in [1.165, 1.54) is 6.20 Å². The first-order valence-corrected chi connectivity index (χ1v) is 5.70. The minimum Gasteiger partial charge on any atom is -0.383 e. The van der Waals surface area contributed by atoms with Crippen molar-refractivity contribution in [3.63, 3.8) is 0 Å². The summed E-state index contributed by atoms with van der Waals surface area (Å²) in [6, 6.07) is 0. The van der Waals surface area contributed by atoms with Gasteiger partial charge in [0.05, 0.1) is 6.20 Å². The molecule has 0 aliphatic rings. The van der Waals surface area contributed by atoms with Crippen LogP contribution in [0.3, 0.4) is 0 Å². The van der Waals surface area contributed by atoms with E-state index in [0.29, 0.717) is 6.54 Å². The molecule has 0 saturated carbocycles. The standard InChI is InChI=1S/C7H14N4O2S/c1-5(2)3-10-14(12,13)6-4-9-11-7(6)8/h4-5,10H,3H2,1-2H3,(H3,8,9,11). The number of hydrogen-bond acceptors (Lipinski definition) is 4. The number of nitrogens with one attached hydrogen (secondary N) is 2. The van der Waals surface area contributed by atoms with Crippen LogP contribution in [-0.4, -0.2) is 25.2 Å². The normalized spacial score (nSPS) is 12.2. The summed E-state index contributed by atoms with van der Waals surface area (Å²) in [5, 5.41) is 5.92. The summed E-state index contributed by atoms with van der Waals surface area (Å²) in [5.74, 6) is 0.305. The number of nitrogens with zero attached hydrogens (tertiary/aromatic N) is 1. The molecule has 1 aromatic rings. The van der Waals surface area contributed by atoms with Gasteiger partial charge in [0.15, 0.2) is 0 Å². The number of hydrogen-bond donors (Lipinski definition) is 3. The van der Waals surface area contributed by atoms with E-state index in [1.807, 2.05) is 13.8 Å². The molecular formula is C7H14N4O2S. The maximum absolute atomic E-state index is 11.6. The second-order valence-corrected chi connectivity index (χ2v) is 5.13. The summed E-state index contributed by atoms with van der Waals surface area (Å²) in [6.07, 6.45) is 1.19. The van der Waals surface area contributed by atoms with E-state index in [4.69, 9.17) is 5.73 Å². The largest absolute Gasteiger partial charge is 0.383 e. The Morgan fingerprint density at radius 3 is 2.71 bits per heavy atom. The van der Waals surface area contributed by atoms with Gasteiger partial charge in [-0.15, -0.1) is 0 Å². The van der Waals surface area contributed by atoms with E-state index in [0.717, 1.165) is 0 Å². The maximum atomic E-state index is 11.6. The van der Waals surface area contributed by atoms with Gasteiger partial charge in [-0.25, -0.2) is 13.1 Å². The summed E-state index contributed by atoms with van der Waals surface area (Å²) in [5.41, 5.74) is 5.40. The predicted octanol–water partition coefficient (Wildman–Crippen LogP) is -0.0738. The molecule has 6 nitrogen and oxygen atoms in total. The van der Waals surface area contributed by atoms with Gasteiger partial charge in [-0.3, -0.25) is 5.10 Å². The highest BCUT2D eigenvalue weighted by atomic mass is 32.2. The minimum absolute atomic E-state index is 0.00171. The van der Waals surface area contributed by atoms with Gasteiger partial charge in [-0.2, -0.15) is 5.10 Å². The molecule has 0 saturated heterocycles. The van der Waals surface area contributed by atoms with Gasteiger partial charge in [-0.05, 0) is 5.92 Å². The van der Waals surface area contributed by atoms with Crippen LogP contribution in [0.2, 0.25) is 0 Å². The molecule has 1 aromatic heterocycles. The fourth-order valence-electron chi connectivity index (χ4n) is 0.853. The van der Waals surface area contributed by atoms with Gasteiger partial charge in [-0.1, -0.05) is 13.8 Å². The van der Waals surface area contributed by atoms with Crippen molar-refractivity contribution in [2.45, 2.75) is 18.7 Å². The number of aromatic nitrogens is 2. The molecule has 0 atom stereocenters. The first-order chi connectivity index (χ1) is 6.43. The third-order valence-electron chi connectivity index (χ3n) is 1.60. The molecule has 4 N–H and O–H groups in total. The minimum atomic E-state index is -3.51. The summed E-state index contributed by atoms with van der Waals surface area (Å²) in [4.78, 5) is -0.00171. The van der Waals surface area contributed by atoms with Crippen LogP contribution in [0.5, 0.6) is 0 Å². The number of aromatic amines is 1. The molecular weight excluding hydrogens is 204 g/mol. The van der Waals surface area contributed by atoms with Crippen molar-refractivity contribution >= 4 is 15.8 Å². The topological polar surface area (TPSA) is 101 Å². The Kier molecular flexibility index (Phi) is 3.12. The Morgan fingerprint density at radius 1 is 1.64 bits per heavy atom. The van der Waals surface area contributed by atoms with Gasteiger partial charge in [0.1, 0.15) is 10.7 Å². The second kappa shape index (κ2) is 3.97. The third kappa shape index (κ3) is 2.46. The smallest absolute Gasteiger partial charge is 0.245 e. The van der Waals surface area contributed by atoms with Crippen molar-refractivity contribution < 1.29 is 8.42 Å². The molecule has 1 rings (SSSR count). The summed E-state index contributed by atoms with van der Waals surface area (Å²) < 4.78 is 25.6. The van der Waals surface area contributed by atoms with Crippen molar-refractivity contribution in [1.82, 2.24) is 14.9 Å². The SMILES string of the molecule is CC(C)CNS(=O)(=O)c1cn[nH]c1N. The van der Waals surface area contributed by atoms with E-state index in [-0.39, 0.29) is 16.6 Å². The average Bonchev–Trinajstić information content (AvgIpc) is 2.48. The highest BCUT2D eigenvalue weighted by Gasteiger charge is 2.18. The number of sulfonamides is 1. The molecule has 0 unspecified atom stereocenters. The Labute approximate surface area is 82.9 Å². The zero-order chi connectivity index (χ0) is 10.8. The van der Waals surface area contributed by atoms with Gasteiger partial charge >= 0.3 is 0 Å². The fraction of sp³-hybridized carbons (Fsp3) is 0.571. The van der Waals surface area contributed by atoms with E-state index in [9.17, 15) is 8.42 Å². The highest BCUT2D eigenvalue weighted by molar-refractivity contribution is 7.89. The monoisotopic (exact) mass is 218 g/mol. The van der Waals surface area contributed by atoms with E-state index >= 15 is 0 Å². The number of nitrogens with two attached hydrogens (primary N) is 1. The Hall–Kier alpha value is -1.08. The van der Waals surface area contributed by atoms with Crippen molar-refractivity contribution in [1.29, 1.82) is 0 Å². The van der Waals surface area contributed by atoms with E-state index < -0.39 is 10.0 Å².